The summed E-state index contributed by atoms with van der Waals surface area (Å²) in [5.41, 5.74) is 2.59. The van der Waals surface area contributed by atoms with Crippen LogP contribution < -0.4 is 15.4 Å². The molecule has 0 radical (unpaired) electrons. The Bertz CT molecular complexity index is 941. The summed E-state index contributed by atoms with van der Waals surface area (Å²) in [7, 11) is 1.48. The molecule has 1 heterocycles. The second kappa shape index (κ2) is 9.00. The van der Waals surface area contributed by atoms with Gasteiger partial charge in [-0.3, -0.25) is 5.32 Å². The van der Waals surface area contributed by atoms with E-state index in [0.717, 1.165) is 21.3 Å². The average Bonchev–Trinajstić information content (AvgIpc) is 3.07. The van der Waals surface area contributed by atoms with E-state index in [4.69, 9.17) is 9.57 Å². The van der Waals surface area contributed by atoms with E-state index < -0.39 is 0 Å². The Morgan fingerprint density at radius 1 is 1.30 bits per heavy atom. The lowest BCUT2D eigenvalue weighted by Gasteiger charge is -2.07. The Morgan fingerprint density at radius 3 is 2.85 bits per heavy atom. The molecule has 0 bridgehead atoms. The third-order valence-electron chi connectivity index (χ3n) is 3.60. The van der Waals surface area contributed by atoms with Gasteiger partial charge < -0.3 is 14.9 Å². The molecule has 1 aromatic heterocycles. The van der Waals surface area contributed by atoms with E-state index in [2.05, 4.69) is 20.8 Å². The maximum Gasteiger partial charge on any atom is 0.321 e. The van der Waals surface area contributed by atoms with E-state index in [1.54, 1.807) is 6.21 Å². The summed E-state index contributed by atoms with van der Waals surface area (Å²) in [6, 6.07) is 13.4. The first kappa shape index (κ1) is 18.7. The Kier molecular flexibility index (Phi) is 6.22. The minimum Gasteiger partial charge on any atom is -0.489 e. The summed E-state index contributed by atoms with van der Waals surface area (Å²) in [4.78, 5) is 21.0. The molecule has 8 heteroatoms. The minimum absolute atomic E-state index is 0.288. The molecule has 7 nitrogen and oxygen atoms in total. The standard InChI is InChI=1S/C19H20N4O3S/c1-3-20-18(24)23-19-22-16-10-15(26-12-13-7-5-4-6-8-13)9-14(11-21-25-2)17(16)27-19/h4-11H,3,12H2,1-2H3,(H2,20,22,23,24)/b21-11-. The van der Waals surface area contributed by atoms with E-state index in [-0.39, 0.29) is 6.03 Å². The topological polar surface area (TPSA) is 84.8 Å². The van der Waals surface area contributed by atoms with Crippen molar-refractivity contribution in [3.05, 3.63) is 53.6 Å². The van der Waals surface area contributed by atoms with Gasteiger partial charge in [-0.1, -0.05) is 46.8 Å². The summed E-state index contributed by atoms with van der Waals surface area (Å²) in [5, 5.41) is 9.77. The number of benzene rings is 2. The van der Waals surface area contributed by atoms with Crippen molar-refractivity contribution < 1.29 is 14.4 Å². The summed E-state index contributed by atoms with van der Waals surface area (Å²) < 4.78 is 6.80. The van der Waals surface area contributed by atoms with Crippen molar-refractivity contribution in [1.29, 1.82) is 0 Å². The SMILES string of the molecule is CCNC(=O)Nc1nc2cc(OCc3ccccc3)cc(/C=N\OC)c2s1. The van der Waals surface area contributed by atoms with Gasteiger partial charge in [0.15, 0.2) is 5.13 Å². The van der Waals surface area contributed by atoms with Gasteiger partial charge in [0.25, 0.3) is 0 Å². The van der Waals surface area contributed by atoms with Gasteiger partial charge in [-0.2, -0.15) is 0 Å². The molecule has 0 saturated heterocycles. The summed E-state index contributed by atoms with van der Waals surface area (Å²) in [6.45, 7) is 2.84. The molecular weight excluding hydrogens is 364 g/mol. The number of oxime groups is 1. The molecule has 0 unspecified atom stereocenters. The number of carbonyl (C=O) groups is 1. The van der Waals surface area contributed by atoms with Crippen LogP contribution in [0.3, 0.4) is 0 Å². The average molecular weight is 384 g/mol. The van der Waals surface area contributed by atoms with Gasteiger partial charge in [-0.05, 0) is 18.6 Å². The highest BCUT2D eigenvalue weighted by molar-refractivity contribution is 7.22. The molecule has 27 heavy (non-hydrogen) atoms. The first-order valence-corrected chi connectivity index (χ1v) is 9.24. The fraction of sp³-hybridized carbons (Fsp3) is 0.211. The van der Waals surface area contributed by atoms with Crippen LogP contribution in [0.2, 0.25) is 0 Å². The Morgan fingerprint density at radius 2 is 2.11 bits per heavy atom. The zero-order valence-electron chi connectivity index (χ0n) is 15.1. The van der Waals surface area contributed by atoms with Crippen LogP contribution in [0.1, 0.15) is 18.1 Å². The molecule has 0 aliphatic carbocycles. The van der Waals surface area contributed by atoms with Crippen LogP contribution in [-0.2, 0) is 11.4 Å². The largest absolute Gasteiger partial charge is 0.489 e. The van der Waals surface area contributed by atoms with Gasteiger partial charge in [0.05, 0.1) is 16.4 Å². The van der Waals surface area contributed by atoms with Gasteiger partial charge in [-0.15, -0.1) is 0 Å². The van der Waals surface area contributed by atoms with E-state index in [0.29, 0.717) is 24.0 Å². The number of hydrogen-bond acceptors (Lipinski definition) is 6. The van der Waals surface area contributed by atoms with Crippen molar-refractivity contribution in [3.8, 4) is 5.75 Å². The van der Waals surface area contributed by atoms with Gasteiger partial charge in [0, 0.05) is 18.2 Å². The van der Waals surface area contributed by atoms with Gasteiger partial charge in [0.1, 0.15) is 19.5 Å². The van der Waals surface area contributed by atoms with Crippen LogP contribution in [0, 0.1) is 0 Å². The van der Waals surface area contributed by atoms with Gasteiger partial charge in [0.2, 0.25) is 0 Å². The lowest BCUT2D eigenvalue weighted by atomic mass is 10.2. The monoisotopic (exact) mass is 384 g/mol. The third kappa shape index (κ3) is 4.95. The van der Waals surface area contributed by atoms with E-state index in [1.807, 2.05) is 49.4 Å². The first-order chi connectivity index (χ1) is 13.2. The number of urea groups is 1. The van der Waals surface area contributed by atoms with Crippen molar-refractivity contribution >= 4 is 38.9 Å². The van der Waals surface area contributed by atoms with Crippen molar-refractivity contribution in [2.24, 2.45) is 5.16 Å². The second-order valence-corrected chi connectivity index (χ2v) is 6.55. The zero-order valence-corrected chi connectivity index (χ0v) is 15.9. The number of nitrogens with one attached hydrogen (secondary N) is 2. The molecule has 0 fully saturated rings. The smallest absolute Gasteiger partial charge is 0.321 e. The molecule has 3 rings (SSSR count). The molecule has 0 atom stereocenters. The van der Waals surface area contributed by atoms with Crippen molar-refractivity contribution in [2.45, 2.75) is 13.5 Å². The molecule has 2 amide bonds. The van der Waals surface area contributed by atoms with E-state index in [9.17, 15) is 4.79 Å². The molecule has 3 aromatic rings. The molecule has 140 valence electrons. The highest BCUT2D eigenvalue weighted by Crippen LogP contribution is 2.32. The van der Waals surface area contributed by atoms with Crippen LogP contribution in [0.5, 0.6) is 5.75 Å². The number of ether oxygens (including phenoxy) is 1. The Balaban J connectivity index is 1.88. The molecular formula is C19H20N4O3S. The highest BCUT2D eigenvalue weighted by Gasteiger charge is 2.12. The number of nitrogens with zero attached hydrogens (tertiary/aromatic N) is 2. The summed E-state index contributed by atoms with van der Waals surface area (Å²) >= 11 is 1.37. The molecule has 0 aliphatic heterocycles. The predicted octanol–water partition coefficient (Wildman–Crippen LogP) is 4.00. The van der Waals surface area contributed by atoms with Crippen molar-refractivity contribution in [2.75, 3.05) is 19.0 Å². The van der Waals surface area contributed by atoms with Crippen molar-refractivity contribution in [1.82, 2.24) is 10.3 Å². The Hall–Kier alpha value is -3.13. The van der Waals surface area contributed by atoms with Gasteiger partial charge in [-0.25, -0.2) is 9.78 Å². The maximum atomic E-state index is 11.7. The number of carbonyl (C=O) groups excluding carboxylic acids is 1. The molecule has 0 aliphatic rings. The van der Waals surface area contributed by atoms with Gasteiger partial charge >= 0.3 is 6.03 Å². The predicted molar refractivity (Wildman–Crippen MR) is 108 cm³/mol. The van der Waals surface area contributed by atoms with E-state index in [1.165, 1.54) is 18.4 Å². The zero-order chi connectivity index (χ0) is 19.1. The molecule has 2 N–H and O–H groups in total. The van der Waals surface area contributed by atoms with Crippen LogP contribution >= 0.6 is 11.3 Å². The number of aromatic nitrogens is 1. The number of hydrogen-bond donors (Lipinski definition) is 2. The number of thiazole rings is 1. The second-order valence-electron chi connectivity index (χ2n) is 5.56. The quantitative estimate of drug-likeness (QED) is 0.476. The highest BCUT2D eigenvalue weighted by atomic mass is 32.1. The van der Waals surface area contributed by atoms with Crippen LogP contribution in [0.25, 0.3) is 10.2 Å². The molecule has 0 saturated carbocycles. The number of amides is 2. The lowest BCUT2D eigenvalue weighted by molar-refractivity contribution is 0.215. The van der Waals surface area contributed by atoms with Crippen LogP contribution in [0.4, 0.5) is 9.93 Å². The number of anilines is 1. The summed E-state index contributed by atoms with van der Waals surface area (Å²) in [5.74, 6) is 0.666. The fourth-order valence-corrected chi connectivity index (χ4v) is 3.34. The number of rotatable bonds is 7. The van der Waals surface area contributed by atoms with Crippen LogP contribution in [0.15, 0.2) is 47.6 Å². The fourth-order valence-electron chi connectivity index (χ4n) is 2.42. The lowest BCUT2D eigenvalue weighted by Crippen LogP contribution is -2.28. The molecule has 2 aromatic carbocycles. The summed E-state index contributed by atoms with van der Waals surface area (Å²) in [6.07, 6.45) is 1.60. The van der Waals surface area contributed by atoms with Crippen LogP contribution in [-0.4, -0.2) is 30.9 Å². The number of fused-ring (bicyclic) bond motifs is 1. The molecule has 0 spiro atoms. The third-order valence-corrected chi connectivity index (χ3v) is 4.63. The van der Waals surface area contributed by atoms with Crippen molar-refractivity contribution in [3.63, 3.8) is 0 Å². The maximum absolute atomic E-state index is 11.7. The minimum atomic E-state index is -0.288. The van der Waals surface area contributed by atoms with E-state index >= 15 is 0 Å². The Labute approximate surface area is 161 Å². The first-order valence-electron chi connectivity index (χ1n) is 8.42. The normalized spacial score (nSPS) is 10.9.